The number of hydrogen-bond acceptors (Lipinski definition) is 0. The van der Waals surface area contributed by atoms with Gasteiger partial charge in [0.25, 0.3) is 0 Å². The molecular formula is C16H25ClSiZr. The minimum Gasteiger partial charge on any atom is -0.147 e. The SMILES string of the molecule is CC1=CC(C)[C]([Zr]([C]2=C(C)C=C(C)C2)=[Si](C)C)=C1.Cl. The van der Waals surface area contributed by atoms with Gasteiger partial charge in [0.2, 0.25) is 0 Å². The summed E-state index contributed by atoms with van der Waals surface area (Å²) in [5.41, 5.74) is 4.55. The van der Waals surface area contributed by atoms with E-state index in [0.29, 0.717) is 0 Å². The van der Waals surface area contributed by atoms with Gasteiger partial charge in [-0.2, -0.15) is 0 Å². The molecule has 0 nitrogen and oxygen atoms in total. The third-order valence-corrected chi connectivity index (χ3v) is 21.5. The van der Waals surface area contributed by atoms with Crippen LogP contribution in [0.2, 0.25) is 13.1 Å². The first kappa shape index (κ1) is 17.4. The van der Waals surface area contributed by atoms with Gasteiger partial charge in [-0.25, -0.2) is 0 Å². The smallest absolute Gasteiger partial charge is 0.147 e. The van der Waals surface area contributed by atoms with Crippen molar-refractivity contribution in [3.8, 4) is 0 Å². The van der Waals surface area contributed by atoms with Crippen molar-refractivity contribution in [3.05, 3.63) is 41.5 Å². The van der Waals surface area contributed by atoms with E-state index in [2.05, 4.69) is 59.0 Å². The third-order valence-electron chi connectivity index (χ3n) is 3.87. The van der Waals surface area contributed by atoms with Gasteiger partial charge in [0.1, 0.15) is 0 Å². The number of halogens is 1. The zero-order chi connectivity index (χ0) is 13.4. The van der Waals surface area contributed by atoms with Crippen LogP contribution in [0.15, 0.2) is 41.5 Å². The minimum atomic E-state index is -1.53. The van der Waals surface area contributed by atoms with Crippen LogP contribution < -0.4 is 0 Å². The molecular weight excluding hydrogens is 347 g/mol. The molecule has 0 N–H and O–H groups in total. The predicted molar refractivity (Wildman–Crippen MR) is 86.8 cm³/mol. The van der Waals surface area contributed by atoms with Crippen molar-refractivity contribution in [3.63, 3.8) is 0 Å². The maximum atomic E-state index is 2.55. The van der Waals surface area contributed by atoms with E-state index in [4.69, 9.17) is 0 Å². The molecule has 0 aromatic carbocycles. The molecule has 2 aliphatic rings. The van der Waals surface area contributed by atoms with Crippen LogP contribution in [-0.2, 0) is 20.4 Å². The molecule has 19 heavy (non-hydrogen) atoms. The normalized spacial score (nSPS) is 21.8. The van der Waals surface area contributed by atoms with Gasteiger partial charge < -0.3 is 0 Å². The van der Waals surface area contributed by atoms with Gasteiger partial charge >= 0.3 is 120 Å². The van der Waals surface area contributed by atoms with Gasteiger partial charge in [0, 0.05) is 0 Å². The summed E-state index contributed by atoms with van der Waals surface area (Å²) in [4.78, 5) is 0. The minimum absolute atomic E-state index is 0. The van der Waals surface area contributed by atoms with E-state index in [1.807, 2.05) is 6.56 Å². The van der Waals surface area contributed by atoms with Crippen LogP contribution in [0.25, 0.3) is 0 Å². The van der Waals surface area contributed by atoms with E-state index in [0.717, 1.165) is 5.92 Å². The Bertz CT molecular complexity index is 543. The first-order valence-corrected chi connectivity index (χ1v) is 15.5. The summed E-state index contributed by atoms with van der Waals surface area (Å²) < 4.78 is 3.77. The van der Waals surface area contributed by atoms with Gasteiger partial charge in [0.15, 0.2) is 0 Å². The summed E-state index contributed by atoms with van der Waals surface area (Å²) in [5.74, 6) is 0.723. The molecule has 1 atom stereocenters. The van der Waals surface area contributed by atoms with E-state index in [1.54, 1.807) is 11.1 Å². The van der Waals surface area contributed by atoms with Gasteiger partial charge in [-0.05, 0) is 0 Å². The second-order valence-electron chi connectivity index (χ2n) is 6.00. The Labute approximate surface area is 132 Å². The van der Waals surface area contributed by atoms with Crippen LogP contribution in [0.4, 0.5) is 0 Å². The van der Waals surface area contributed by atoms with Crippen LogP contribution >= 0.6 is 12.4 Å². The Balaban J connectivity index is 0.00000180. The summed E-state index contributed by atoms with van der Waals surface area (Å²) in [5, 5.41) is 0. The van der Waals surface area contributed by atoms with Crippen molar-refractivity contribution >= 4 is 17.8 Å². The molecule has 2 rings (SSSR count). The number of hydrogen-bond donors (Lipinski definition) is 0. The van der Waals surface area contributed by atoms with Crippen molar-refractivity contribution < 1.29 is 20.4 Å². The quantitative estimate of drug-likeness (QED) is 0.571. The fraction of sp³-hybridized carbons (Fsp3) is 0.500. The van der Waals surface area contributed by atoms with Crippen LogP contribution in [0.1, 0.15) is 34.1 Å². The summed E-state index contributed by atoms with van der Waals surface area (Å²) in [6.45, 7) is 14.4. The molecule has 0 fully saturated rings. The predicted octanol–water partition coefficient (Wildman–Crippen LogP) is 5.38. The van der Waals surface area contributed by atoms with Gasteiger partial charge in [-0.3, -0.25) is 0 Å². The molecule has 0 heterocycles. The van der Waals surface area contributed by atoms with Gasteiger partial charge in [-0.15, -0.1) is 12.4 Å². The molecule has 3 heteroatoms. The fourth-order valence-corrected chi connectivity index (χ4v) is 21.9. The Morgan fingerprint density at radius 2 is 1.79 bits per heavy atom. The van der Waals surface area contributed by atoms with Crippen molar-refractivity contribution in [1.29, 1.82) is 0 Å². The maximum Gasteiger partial charge on any atom is -0.147 e. The first-order chi connectivity index (χ1) is 8.40. The average molecular weight is 372 g/mol. The fourth-order valence-electron chi connectivity index (χ4n) is 3.19. The molecule has 104 valence electrons. The second kappa shape index (κ2) is 6.87. The molecule has 0 aromatic heterocycles. The van der Waals surface area contributed by atoms with Crippen molar-refractivity contribution in [2.24, 2.45) is 5.92 Å². The molecule has 0 amide bonds. The largest absolute Gasteiger partial charge is 0.147 e. The van der Waals surface area contributed by atoms with Crippen LogP contribution in [-0.4, -0.2) is 5.43 Å². The van der Waals surface area contributed by atoms with Crippen molar-refractivity contribution in [2.75, 3.05) is 0 Å². The van der Waals surface area contributed by atoms with E-state index >= 15 is 0 Å². The molecule has 1 unspecified atom stereocenters. The average Bonchev–Trinajstić information content (AvgIpc) is 2.71. The number of allylic oxidation sites excluding steroid dienone is 8. The summed E-state index contributed by atoms with van der Waals surface area (Å²) in [6, 6.07) is 0. The molecule has 0 bridgehead atoms. The zero-order valence-electron chi connectivity index (χ0n) is 12.9. The second-order valence-corrected chi connectivity index (χ2v) is 23.1. The monoisotopic (exact) mass is 370 g/mol. The van der Waals surface area contributed by atoms with Gasteiger partial charge in [0.05, 0.1) is 0 Å². The molecule has 0 spiro atoms. The van der Waals surface area contributed by atoms with E-state index < -0.39 is 20.4 Å². The molecule has 0 saturated heterocycles. The Morgan fingerprint density at radius 1 is 1.16 bits per heavy atom. The van der Waals surface area contributed by atoms with Crippen LogP contribution in [0, 0.1) is 5.92 Å². The van der Waals surface area contributed by atoms with Crippen LogP contribution in [0.5, 0.6) is 0 Å². The molecule has 0 aromatic rings. The van der Waals surface area contributed by atoms with Crippen molar-refractivity contribution in [1.82, 2.24) is 0 Å². The Morgan fingerprint density at radius 3 is 2.16 bits per heavy atom. The van der Waals surface area contributed by atoms with Gasteiger partial charge in [-0.1, -0.05) is 0 Å². The Hall–Kier alpha value is 0.350. The zero-order valence-corrected chi connectivity index (χ0v) is 17.2. The standard InChI is InChI=1S/2C7H9.C2H6Si.ClH.Zr/c2*1-6-3-4-7(2)5-6;1-3-2;;/h5H,3H2,1-2H3;3,5,7H,1-2H3;1-2H3;1H;. The number of rotatable bonds is 2. The van der Waals surface area contributed by atoms with Crippen LogP contribution in [0.3, 0.4) is 0 Å². The molecule has 0 aliphatic heterocycles. The first-order valence-electron chi connectivity index (χ1n) is 6.85. The van der Waals surface area contributed by atoms with E-state index in [-0.39, 0.29) is 17.8 Å². The maximum absolute atomic E-state index is 2.55. The summed E-state index contributed by atoms with van der Waals surface area (Å²) in [7, 11) is 0. The molecule has 0 radical (unpaired) electrons. The Kier molecular flexibility index (Phi) is 6.29. The van der Waals surface area contributed by atoms with E-state index in [1.165, 1.54) is 12.0 Å². The topological polar surface area (TPSA) is 0 Å². The van der Waals surface area contributed by atoms with E-state index in [9.17, 15) is 0 Å². The third kappa shape index (κ3) is 3.71. The molecule has 2 aliphatic carbocycles. The molecule has 0 saturated carbocycles. The van der Waals surface area contributed by atoms with Crippen molar-refractivity contribution in [2.45, 2.75) is 47.2 Å². The summed E-state index contributed by atoms with van der Waals surface area (Å²) in [6.07, 6.45) is 8.72. The summed E-state index contributed by atoms with van der Waals surface area (Å²) >= 11 is -1.53.